The molecule has 1 amide bonds. The van der Waals surface area contributed by atoms with E-state index < -0.39 is 10.8 Å². The van der Waals surface area contributed by atoms with Crippen LogP contribution in [-0.2, 0) is 0 Å². The lowest BCUT2D eigenvalue weighted by atomic mass is 10.1. The molecule has 0 fully saturated rings. The fraction of sp³-hybridized carbons (Fsp3) is 0.111. The van der Waals surface area contributed by atoms with E-state index >= 15 is 0 Å². The number of hydrogen-bond donors (Lipinski definition) is 1. The molecule has 7 nitrogen and oxygen atoms in total. The van der Waals surface area contributed by atoms with E-state index in [0.29, 0.717) is 10.7 Å². The minimum atomic E-state index is -0.503. The zero-order chi connectivity index (χ0) is 18.7. The fourth-order valence-electron chi connectivity index (χ4n) is 2.34. The predicted molar refractivity (Wildman–Crippen MR) is 99.9 cm³/mol. The van der Waals surface area contributed by atoms with Crippen molar-refractivity contribution >= 4 is 28.1 Å². The number of rotatable bonds is 5. The molecule has 0 atom stereocenters. The van der Waals surface area contributed by atoms with Gasteiger partial charge in [0.2, 0.25) is 0 Å². The van der Waals surface area contributed by atoms with Crippen molar-refractivity contribution in [3.8, 4) is 17.0 Å². The maximum atomic E-state index is 12.3. The number of hydrogen-bond acceptors (Lipinski definition) is 6. The van der Waals surface area contributed by atoms with Gasteiger partial charge < -0.3 is 4.74 Å². The first kappa shape index (κ1) is 17.6. The third-order valence-corrected chi connectivity index (χ3v) is 4.54. The van der Waals surface area contributed by atoms with Crippen molar-refractivity contribution in [3.63, 3.8) is 0 Å². The highest BCUT2D eigenvalue weighted by atomic mass is 32.1. The summed E-state index contributed by atoms with van der Waals surface area (Å²) in [6.45, 7) is 1.63. The Labute approximate surface area is 153 Å². The topological polar surface area (TPSA) is 94.4 Å². The van der Waals surface area contributed by atoms with E-state index in [9.17, 15) is 14.9 Å². The smallest absolute Gasteiger partial charge is 0.273 e. The normalized spacial score (nSPS) is 10.4. The minimum absolute atomic E-state index is 0.0873. The van der Waals surface area contributed by atoms with Crippen LogP contribution in [-0.4, -0.2) is 22.9 Å². The van der Waals surface area contributed by atoms with Crippen LogP contribution in [0.15, 0.2) is 47.8 Å². The van der Waals surface area contributed by atoms with Crippen molar-refractivity contribution in [2.75, 3.05) is 12.4 Å². The SMILES string of the molecule is COc1ccc(-c2csc(NC(=O)c3ccc(C)c([N+](=O)[O-])c3)n2)cc1. The summed E-state index contributed by atoms with van der Waals surface area (Å²) >= 11 is 1.28. The molecule has 0 saturated carbocycles. The van der Waals surface area contributed by atoms with Gasteiger partial charge in [-0.15, -0.1) is 11.3 Å². The first-order chi connectivity index (χ1) is 12.5. The number of nitrogens with zero attached hydrogens (tertiary/aromatic N) is 2. The monoisotopic (exact) mass is 369 g/mol. The second kappa shape index (κ2) is 7.32. The Morgan fingerprint density at radius 1 is 1.23 bits per heavy atom. The highest BCUT2D eigenvalue weighted by Crippen LogP contribution is 2.27. The van der Waals surface area contributed by atoms with Crippen molar-refractivity contribution in [3.05, 3.63) is 69.1 Å². The van der Waals surface area contributed by atoms with E-state index in [1.807, 2.05) is 29.6 Å². The molecule has 0 spiro atoms. The van der Waals surface area contributed by atoms with E-state index in [1.165, 1.54) is 17.4 Å². The van der Waals surface area contributed by atoms with Crippen LogP contribution in [0.2, 0.25) is 0 Å². The number of anilines is 1. The molecule has 1 aromatic heterocycles. The maximum absolute atomic E-state index is 12.3. The van der Waals surface area contributed by atoms with E-state index in [1.54, 1.807) is 26.2 Å². The lowest BCUT2D eigenvalue weighted by molar-refractivity contribution is -0.385. The summed E-state index contributed by atoms with van der Waals surface area (Å²) in [5.41, 5.74) is 2.25. The third-order valence-electron chi connectivity index (χ3n) is 3.78. The van der Waals surface area contributed by atoms with E-state index in [0.717, 1.165) is 17.0 Å². The number of nitro benzene ring substituents is 1. The van der Waals surface area contributed by atoms with Crippen molar-refractivity contribution in [1.29, 1.82) is 0 Å². The molecule has 1 N–H and O–H groups in total. The molecule has 1 heterocycles. The third kappa shape index (κ3) is 3.70. The first-order valence-electron chi connectivity index (χ1n) is 7.64. The van der Waals surface area contributed by atoms with E-state index in [2.05, 4.69) is 10.3 Å². The van der Waals surface area contributed by atoms with Crippen molar-refractivity contribution in [2.45, 2.75) is 6.92 Å². The maximum Gasteiger partial charge on any atom is 0.273 e. The second-order valence-electron chi connectivity index (χ2n) is 5.48. The molecule has 8 heteroatoms. The standard InChI is InChI=1S/C18H15N3O4S/c1-11-3-4-13(9-16(11)21(23)24)17(22)20-18-19-15(10-26-18)12-5-7-14(25-2)8-6-12/h3-10H,1-2H3,(H,19,20,22). The molecule has 0 bridgehead atoms. The molecular weight excluding hydrogens is 354 g/mol. The lowest BCUT2D eigenvalue weighted by Crippen LogP contribution is -2.12. The van der Waals surface area contributed by atoms with Crippen LogP contribution in [0, 0.1) is 17.0 Å². The molecule has 0 aliphatic carbocycles. The lowest BCUT2D eigenvalue weighted by Gasteiger charge is -2.03. The van der Waals surface area contributed by atoms with Crippen LogP contribution in [0.3, 0.4) is 0 Å². The largest absolute Gasteiger partial charge is 0.497 e. The Morgan fingerprint density at radius 3 is 2.62 bits per heavy atom. The van der Waals surface area contributed by atoms with Gasteiger partial charge in [0.25, 0.3) is 11.6 Å². The van der Waals surface area contributed by atoms with Crippen LogP contribution in [0.5, 0.6) is 5.75 Å². The zero-order valence-electron chi connectivity index (χ0n) is 14.1. The molecule has 0 saturated heterocycles. The van der Waals surface area contributed by atoms with Gasteiger partial charge >= 0.3 is 0 Å². The minimum Gasteiger partial charge on any atom is -0.497 e. The average molecular weight is 369 g/mol. The average Bonchev–Trinajstić information content (AvgIpc) is 3.10. The number of nitrogens with one attached hydrogen (secondary N) is 1. The Hall–Kier alpha value is -3.26. The van der Waals surface area contributed by atoms with Crippen LogP contribution in [0.4, 0.5) is 10.8 Å². The molecule has 0 unspecified atom stereocenters. The number of aryl methyl sites for hydroxylation is 1. The van der Waals surface area contributed by atoms with Crippen LogP contribution >= 0.6 is 11.3 Å². The highest BCUT2D eigenvalue weighted by molar-refractivity contribution is 7.14. The number of amides is 1. The summed E-state index contributed by atoms with van der Waals surface area (Å²) in [6, 6.07) is 11.8. The van der Waals surface area contributed by atoms with Crippen molar-refractivity contribution in [2.24, 2.45) is 0 Å². The van der Waals surface area contributed by atoms with Gasteiger partial charge in [-0.05, 0) is 37.3 Å². The summed E-state index contributed by atoms with van der Waals surface area (Å²) in [5, 5.41) is 15.9. The fourth-order valence-corrected chi connectivity index (χ4v) is 3.06. The number of thiazole rings is 1. The Kier molecular flexibility index (Phi) is 4.94. The molecule has 0 radical (unpaired) electrons. The van der Waals surface area contributed by atoms with E-state index in [4.69, 9.17) is 4.74 Å². The molecule has 0 aliphatic rings. The van der Waals surface area contributed by atoms with Gasteiger partial charge in [-0.25, -0.2) is 4.98 Å². The number of ether oxygens (including phenoxy) is 1. The first-order valence-corrected chi connectivity index (χ1v) is 8.52. The molecule has 26 heavy (non-hydrogen) atoms. The number of carbonyl (C=O) groups is 1. The van der Waals surface area contributed by atoms with Crippen molar-refractivity contribution in [1.82, 2.24) is 4.98 Å². The summed E-state index contributed by atoms with van der Waals surface area (Å²) < 4.78 is 5.12. The summed E-state index contributed by atoms with van der Waals surface area (Å²) in [6.07, 6.45) is 0. The van der Waals surface area contributed by atoms with E-state index in [-0.39, 0.29) is 11.3 Å². The number of carbonyl (C=O) groups excluding carboxylic acids is 1. The number of aromatic nitrogens is 1. The van der Waals surface area contributed by atoms with Gasteiger partial charge in [-0.1, -0.05) is 6.07 Å². The number of nitro groups is 1. The van der Waals surface area contributed by atoms with Gasteiger partial charge in [0.15, 0.2) is 5.13 Å². The second-order valence-corrected chi connectivity index (χ2v) is 6.34. The quantitative estimate of drug-likeness (QED) is 0.535. The molecule has 3 aromatic rings. The van der Waals surface area contributed by atoms with Gasteiger partial charge in [-0.3, -0.25) is 20.2 Å². The summed E-state index contributed by atoms with van der Waals surface area (Å²) in [4.78, 5) is 27.2. The summed E-state index contributed by atoms with van der Waals surface area (Å²) in [7, 11) is 1.60. The van der Waals surface area contributed by atoms with Crippen LogP contribution in [0.25, 0.3) is 11.3 Å². The summed E-state index contributed by atoms with van der Waals surface area (Å²) in [5.74, 6) is 0.308. The molecule has 132 valence electrons. The van der Waals surface area contributed by atoms with Gasteiger partial charge in [0.05, 0.1) is 17.7 Å². The molecular formula is C18H15N3O4S. The highest BCUT2D eigenvalue weighted by Gasteiger charge is 2.16. The van der Waals surface area contributed by atoms with Gasteiger partial charge in [0, 0.05) is 28.1 Å². The number of benzene rings is 2. The Balaban J connectivity index is 1.77. The van der Waals surface area contributed by atoms with Crippen LogP contribution in [0.1, 0.15) is 15.9 Å². The zero-order valence-corrected chi connectivity index (χ0v) is 14.9. The molecule has 0 aliphatic heterocycles. The van der Waals surface area contributed by atoms with Crippen molar-refractivity contribution < 1.29 is 14.5 Å². The predicted octanol–water partition coefficient (Wildman–Crippen LogP) is 4.29. The molecule has 3 rings (SSSR count). The van der Waals surface area contributed by atoms with Crippen LogP contribution < -0.4 is 10.1 Å². The van der Waals surface area contributed by atoms with Gasteiger partial charge in [0.1, 0.15) is 5.75 Å². The number of methoxy groups -OCH3 is 1. The Bertz CT molecular complexity index is 967. The van der Waals surface area contributed by atoms with Gasteiger partial charge in [-0.2, -0.15) is 0 Å². The Morgan fingerprint density at radius 2 is 1.96 bits per heavy atom. The molecule has 2 aromatic carbocycles.